The fourth-order valence-corrected chi connectivity index (χ4v) is 3.07. The Kier molecular flexibility index (Phi) is 5.60. The van der Waals surface area contributed by atoms with Crippen LogP contribution in [0.2, 0.25) is 0 Å². The molecule has 0 aliphatic carbocycles. The molecule has 0 fully saturated rings. The number of nitrogens with two attached hydrogens (primary N) is 1. The van der Waals surface area contributed by atoms with Crippen LogP contribution < -0.4 is 11.3 Å². The van der Waals surface area contributed by atoms with Crippen LogP contribution in [0.5, 0.6) is 0 Å². The molecule has 5 heteroatoms. The second-order valence-electron chi connectivity index (χ2n) is 4.27. The van der Waals surface area contributed by atoms with Crippen LogP contribution in [0, 0.1) is 5.82 Å². The molecule has 0 radical (unpaired) electrons. The zero-order valence-corrected chi connectivity index (χ0v) is 13.5. The summed E-state index contributed by atoms with van der Waals surface area (Å²) in [6.45, 7) is 2.11. The SMILES string of the molecule is CCSc1ccc(C(NN)c2cc(Br)ccc2F)cc1. The lowest BCUT2D eigenvalue weighted by atomic mass is 9.99. The Morgan fingerprint density at radius 1 is 1.25 bits per heavy atom. The molecule has 0 heterocycles. The number of halogens is 2. The summed E-state index contributed by atoms with van der Waals surface area (Å²) in [6, 6.07) is 12.5. The summed E-state index contributed by atoms with van der Waals surface area (Å²) in [5, 5.41) is 0. The van der Waals surface area contributed by atoms with Crippen molar-refractivity contribution >= 4 is 27.7 Å². The molecule has 0 aliphatic heterocycles. The van der Waals surface area contributed by atoms with Gasteiger partial charge in [-0.15, -0.1) is 11.8 Å². The van der Waals surface area contributed by atoms with Gasteiger partial charge in [0, 0.05) is 14.9 Å². The Labute approximate surface area is 131 Å². The smallest absolute Gasteiger partial charge is 0.128 e. The summed E-state index contributed by atoms with van der Waals surface area (Å²) < 4.78 is 14.8. The van der Waals surface area contributed by atoms with Crippen molar-refractivity contribution in [1.82, 2.24) is 5.43 Å². The molecular formula is C15H16BrFN2S. The molecule has 0 saturated heterocycles. The minimum atomic E-state index is -0.367. The Bertz CT molecular complexity index is 575. The van der Waals surface area contributed by atoms with Crippen molar-refractivity contribution in [3.8, 4) is 0 Å². The van der Waals surface area contributed by atoms with Gasteiger partial charge in [0.2, 0.25) is 0 Å². The fraction of sp³-hybridized carbons (Fsp3) is 0.200. The summed E-state index contributed by atoms with van der Waals surface area (Å²) >= 11 is 5.13. The highest BCUT2D eigenvalue weighted by molar-refractivity contribution is 9.10. The zero-order valence-electron chi connectivity index (χ0n) is 11.1. The zero-order chi connectivity index (χ0) is 14.5. The van der Waals surface area contributed by atoms with Crippen LogP contribution in [0.25, 0.3) is 0 Å². The Morgan fingerprint density at radius 3 is 2.55 bits per heavy atom. The van der Waals surface area contributed by atoms with Crippen LogP contribution in [0.4, 0.5) is 4.39 Å². The summed E-state index contributed by atoms with van der Waals surface area (Å²) in [7, 11) is 0. The van der Waals surface area contributed by atoms with Gasteiger partial charge in [0.1, 0.15) is 5.82 Å². The monoisotopic (exact) mass is 354 g/mol. The highest BCUT2D eigenvalue weighted by atomic mass is 79.9. The van der Waals surface area contributed by atoms with E-state index in [1.807, 2.05) is 24.3 Å². The third-order valence-electron chi connectivity index (χ3n) is 2.96. The van der Waals surface area contributed by atoms with E-state index in [1.165, 1.54) is 11.0 Å². The van der Waals surface area contributed by atoms with Crippen molar-refractivity contribution in [3.63, 3.8) is 0 Å². The maximum absolute atomic E-state index is 14.0. The highest BCUT2D eigenvalue weighted by Crippen LogP contribution is 2.28. The van der Waals surface area contributed by atoms with Crippen molar-refractivity contribution in [1.29, 1.82) is 0 Å². The molecule has 0 bridgehead atoms. The number of hydrazine groups is 1. The van der Waals surface area contributed by atoms with Gasteiger partial charge >= 0.3 is 0 Å². The summed E-state index contributed by atoms with van der Waals surface area (Å²) in [4.78, 5) is 1.20. The fourth-order valence-electron chi connectivity index (χ4n) is 2.02. The summed E-state index contributed by atoms with van der Waals surface area (Å²) in [5.74, 6) is 6.37. The number of thioether (sulfide) groups is 1. The molecule has 0 aliphatic rings. The average molecular weight is 355 g/mol. The standard InChI is InChI=1S/C15H16BrFN2S/c1-2-20-12-6-3-10(4-7-12)15(19-18)13-9-11(16)5-8-14(13)17/h3-9,15,19H,2,18H2,1H3. The van der Waals surface area contributed by atoms with E-state index in [0.29, 0.717) is 5.56 Å². The van der Waals surface area contributed by atoms with E-state index in [9.17, 15) is 4.39 Å². The van der Waals surface area contributed by atoms with Gasteiger partial charge in [-0.05, 0) is 41.6 Å². The molecule has 0 saturated carbocycles. The molecule has 3 N–H and O–H groups in total. The summed E-state index contributed by atoms with van der Waals surface area (Å²) in [6.07, 6.45) is 0. The molecule has 1 unspecified atom stereocenters. The van der Waals surface area contributed by atoms with Crippen LogP contribution in [-0.2, 0) is 0 Å². The molecular weight excluding hydrogens is 339 g/mol. The number of benzene rings is 2. The topological polar surface area (TPSA) is 38.0 Å². The van der Waals surface area contributed by atoms with Crippen molar-refractivity contribution in [2.45, 2.75) is 17.9 Å². The molecule has 0 amide bonds. The van der Waals surface area contributed by atoms with Crippen LogP contribution in [0.15, 0.2) is 51.8 Å². The van der Waals surface area contributed by atoms with E-state index in [1.54, 1.807) is 23.9 Å². The second-order valence-corrected chi connectivity index (χ2v) is 6.52. The van der Waals surface area contributed by atoms with E-state index >= 15 is 0 Å². The van der Waals surface area contributed by atoms with Crippen LogP contribution in [-0.4, -0.2) is 5.75 Å². The third kappa shape index (κ3) is 3.61. The summed E-state index contributed by atoms with van der Waals surface area (Å²) in [5.41, 5.74) is 4.15. The minimum Gasteiger partial charge on any atom is -0.271 e. The van der Waals surface area contributed by atoms with E-state index in [0.717, 1.165) is 15.8 Å². The van der Waals surface area contributed by atoms with E-state index in [4.69, 9.17) is 5.84 Å². The predicted octanol–water partition coefficient (Wildman–Crippen LogP) is 4.25. The van der Waals surface area contributed by atoms with E-state index in [-0.39, 0.29) is 11.9 Å². The Hall–Kier alpha value is -0.880. The molecule has 20 heavy (non-hydrogen) atoms. The molecule has 106 valence electrons. The van der Waals surface area contributed by atoms with E-state index in [2.05, 4.69) is 28.3 Å². The molecule has 0 spiro atoms. The van der Waals surface area contributed by atoms with Crippen molar-refractivity contribution < 1.29 is 4.39 Å². The van der Waals surface area contributed by atoms with Gasteiger partial charge in [0.05, 0.1) is 6.04 Å². The lowest BCUT2D eigenvalue weighted by molar-refractivity contribution is 0.559. The third-order valence-corrected chi connectivity index (χ3v) is 4.35. The maximum atomic E-state index is 14.0. The van der Waals surface area contributed by atoms with Gasteiger partial charge in [0.25, 0.3) is 0 Å². The van der Waals surface area contributed by atoms with Crippen LogP contribution in [0.1, 0.15) is 24.1 Å². The molecule has 1 atom stereocenters. The highest BCUT2D eigenvalue weighted by Gasteiger charge is 2.16. The number of rotatable bonds is 5. The Morgan fingerprint density at radius 2 is 1.95 bits per heavy atom. The van der Waals surface area contributed by atoms with Crippen LogP contribution >= 0.6 is 27.7 Å². The molecule has 2 rings (SSSR count). The van der Waals surface area contributed by atoms with Gasteiger partial charge in [0.15, 0.2) is 0 Å². The van der Waals surface area contributed by atoms with Crippen molar-refractivity contribution in [2.75, 3.05) is 5.75 Å². The van der Waals surface area contributed by atoms with Gasteiger partial charge < -0.3 is 0 Å². The largest absolute Gasteiger partial charge is 0.271 e. The van der Waals surface area contributed by atoms with Crippen LogP contribution in [0.3, 0.4) is 0 Å². The maximum Gasteiger partial charge on any atom is 0.128 e. The van der Waals surface area contributed by atoms with Crippen molar-refractivity contribution in [3.05, 3.63) is 63.9 Å². The first-order chi connectivity index (χ1) is 9.65. The van der Waals surface area contributed by atoms with Gasteiger partial charge in [-0.3, -0.25) is 5.84 Å². The minimum absolute atomic E-state index is 0.275. The first-order valence-electron chi connectivity index (χ1n) is 6.29. The molecule has 2 nitrogen and oxygen atoms in total. The molecule has 0 aromatic heterocycles. The van der Waals surface area contributed by atoms with Gasteiger partial charge in [-0.2, -0.15) is 0 Å². The lowest BCUT2D eigenvalue weighted by Crippen LogP contribution is -2.29. The van der Waals surface area contributed by atoms with E-state index < -0.39 is 0 Å². The number of hydrogen-bond donors (Lipinski definition) is 2. The average Bonchev–Trinajstić information content (AvgIpc) is 2.45. The quantitative estimate of drug-likeness (QED) is 0.478. The van der Waals surface area contributed by atoms with Gasteiger partial charge in [-0.25, -0.2) is 9.82 Å². The first kappa shape index (κ1) is 15.5. The predicted molar refractivity (Wildman–Crippen MR) is 86.1 cm³/mol. The first-order valence-corrected chi connectivity index (χ1v) is 8.07. The van der Waals surface area contributed by atoms with Crippen molar-refractivity contribution in [2.24, 2.45) is 5.84 Å². The van der Waals surface area contributed by atoms with Gasteiger partial charge in [-0.1, -0.05) is 35.0 Å². The molecule has 2 aromatic carbocycles. The normalized spacial score (nSPS) is 12.4. The second kappa shape index (κ2) is 7.22. The number of hydrogen-bond acceptors (Lipinski definition) is 3. The Balaban J connectivity index is 2.34. The lowest BCUT2D eigenvalue weighted by Gasteiger charge is -2.18. The number of nitrogens with one attached hydrogen (secondary N) is 1. The molecule has 2 aromatic rings.